The van der Waals surface area contributed by atoms with Crippen molar-refractivity contribution in [2.24, 2.45) is 9.98 Å². The van der Waals surface area contributed by atoms with Crippen LogP contribution in [0.5, 0.6) is 0 Å². The molecule has 3 aromatic rings. The molecule has 4 heteroatoms. The van der Waals surface area contributed by atoms with Crippen LogP contribution in [0.1, 0.15) is 11.1 Å². The van der Waals surface area contributed by atoms with Gasteiger partial charge in [0.25, 0.3) is 0 Å². The fourth-order valence-electron chi connectivity index (χ4n) is 2.07. The highest BCUT2D eigenvalue weighted by Crippen LogP contribution is 2.25. The first-order chi connectivity index (χ1) is 11.7. The van der Waals surface area contributed by atoms with Crippen LogP contribution in [0.2, 0.25) is 0 Å². The molecule has 0 saturated heterocycles. The predicted octanol–water partition coefficient (Wildman–Crippen LogP) is 6.71. The van der Waals surface area contributed by atoms with Crippen LogP contribution in [-0.2, 0) is 0 Å². The summed E-state index contributed by atoms with van der Waals surface area (Å²) in [6.07, 6.45) is 3.71. The van der Waals surface area contributed by atoms with Gasteiger partial charge in [0.1, 0.15) is 0 Å². The van der Waals surface area contributed by atoms with Gasteiger partial charge in [-0.1, -0.05) is 48.5 Å². The Morgan fingerprint density at radius 1 is 0.542 bits per heavy atom. The summed E-state index contributed by atoms with van der Waals surface area (Å²) in [4.78, 5) is 9.00. The molecule has 0 heterocycles. The van der Waals surface area contributed by atoms with Crippen molar-refractivity contribution in [3.05, 3.63) is 92.9 Å². The molecule has 0 fully saturated rings. The van der Waals surface area contributed by atoms with Crippen LogP contribution in [-0.4, -0.2) is 12.4 Å². The number of aliphatic imine (C=N–C) groups is 2. The second-order valence-electron chi connectivity index (χ2n) is 5.09. The van der Waals surface area contributed by atoms with E-state index in [4.69, 9.17) is 0 Å². The molecular weight excluding hydrogens is 428 g/mol. The van der Waals surface area contributed by atoms with E-state index in [9.17, 15) is 0 Å². The lowest BCUT2D eigenvalue weighted by Gasteiger charge is -1.99. The summed E-state index contributed by atoms with van der Waals surface area (Å²) >= 11 is 6.99. The molecule has 118 valence electrons. The number of hydrogen-bond acceptors (Lipinski definition) is 2. The van der Waals surface area contributed by atoms with Gasteiger partial charge in [-0.3, -0.25) is 9.98 Å². The maximum atomic E-state index is 4.50. The minimum Gasteiger partial charge on any atom is -0.255 e. The second kappa shape index (κ2) is 8.18. The summed E-state index contributed by atoms with van der Waals surface area (Å²) in [6, 6.07) is 23.9. The largest absolute Gasteiger partial charge is 0.255 e. The molecule has 0 radical (unpaired) electrons. The van der Waals surface area contributed by atoms with Gasteiger partial charge in [0.15, 0.2) is 0 Å². The standard InChI is InChI=1S/C20H14Br2N2/c21-17-5-1-3-7-19(17)23-13-15-9-11-16(12-10-15)14-24-20-8-4-2-6-18(20)22/h1-14H. The highest BCUT2D eigenvalue weighted by molar-refractivity contribution is 9.11. The van der Waals surface area contributed by atoms with Crippen molar-refractivity contribution in [2.75, 3.05) is 0 Å². The molecule has 0 aliphatic rings. The van der Waals surface area contributed by atoms with Gasteiger partial charge in [0, 0.05) is 21.4 Å². The highest BCUT2D eigenvalue weighted by Gasteiger charge is 1.96. The summed E-state index contributed by atoms with van der Waals surface area (Å²) in [5.74, 6) is 0. The third-order valence-electron chi connectivity index (χ3n) is 3.35. The number of halogens is 2. The SMILES string of the molecule is Brc1ccccc1N=Cc1ccc(C=Nc2ccccc2Br)cc1. The van der Waals surface area contributed by atoms with Gasteiger partial charge in [-0.25, -0.2) is 0 Å². The lowest BCUT2D eigenvalue weighted by Crippen LogP contribution is -1.84. The molecule has 3 rings (SSSR count). The molecule has 24 heavy (non-hydrogen) atoms. The molecule has 0 bridgehead atoms. The van der Waals surface area contributed by atoms with Crippen molar-refractivity contribution in [3.63, 3.8) is 0 Å². The molecule has 2 nitrogen and oxygen atoms in total. The van der Waals surface area contributed by atoms with Gasteiger partial charge >= 0.3 is 0 Å². The van der Waals surface area contributed by atoms with E-state index in [1.807, 2.05) is 85.2 Å². The Hall–Kier alpha value is -2.04. The van der Waals surface area contributed by atoms with Crippen LogP contribution in [0.3, 0.4) is 0 Å². The van der Waals surface area contributed by atoms with Crippen LogP contribution in [0.25, 0.3) is 0 Å². The molecule has 0 N–H and O–H groups in total. The number of para-hydroxylation sites is 2. The van der Waals surface area contributed by atoms with Gasteiger partial charge < -0.3 is 0 Å². The summed E-state index contributed by atoms with van der Waals surface area (Å²) in [5.41, 5.74) is 3.92. The van der Waals surface area contributed by atoms with Gasteiger partial charge in [0.05, 0.1) is 11.4 Å². The Morgan fingerprint density at radius 2 is 0.917 bits per heavy atom. The predicted molar refractivity (Wildman–Crippen MR) is 109 cm³/mol. The topological polar surface area (TPSA) is 24.7 Å². The first kappa shape index (κ1) is 16.8. The zero-order valence-electron chi connectivity index (χ0n) is 12.7. The van der Waals surface area contributed by atoms with E-state index < -0.39 is 0 Å². The normalized spacial score (nSPS) is 11.4. The van der Waals surface area contributed by atoms with E-state index in [2.05, 4.69) is 41.8 Å². The van der Waals surface area contributed by atoms with Crippen molar-refractivity contribution in [2.45, 2.75) is 0 Å². The molecule has 0 spiro atoms. The maximum Gasteiger partial charge on any atom is 0.0771 e. The van der Waals surface area contributed by atoms with Crippen molar-refractivity contribution >= 4 is 55.7 Å². The molecule has 0 aliphatic carbocycles. The van der Waals surface area contributed by atoms with Gasteiger partial charge in [-0.05, 0) is 67.3 Å². The van der Waals surface area contributed by atoms with E-state index in [1.54, 1.807) is 0 Å². The number of benzene rings is 3. The van der Waals surface area contributed by atoms with Gasteiger partial charge in [-0.2, -0.15) is 0 Å². The van der Waals surface area contributed by atoms with Crippen molar-refractivity contribution in [1.29, 1.82) is 0 Å². The minimum atomic E-state index is 0.914. The first-order valence-electron chi connectivity index (χ1n) is 7.39. The number of hydrogen-bond donors (Lipinski definition) is 0. The molecule has 0 amide bonds. The van der Waals surface area contributed by atoms with Crippen LogP contribution in [0.15, 0.2) is 91.7 Å². The smallest absolute Gasteiger partial charge is 0.0771 e. The summed E-state index contributed by atoms with van der Waals surface area (Å²) in [6.45, 7) is 0. The minimum absolute atomic E-state index is 0.914. The number of nitrogens with zero attached hydrogens (tertiary/aromatic N) is 2. The van der Waals surface area contributed by atoms with E-state index in [0.29, 0.717) is 0 Å². The van der Waals surface area contributed by atoms with Crippen LogP contribution < -0.4 is 0 Å². The molecule has 0 unspecified atom stereocenters. The first-order valence-corrected chi connectivity index (χ1v) is 8.98. The molecule has 0 atom stereocenters. The Labute approximate surface area is 158 Å². The highest BCUT2D eigenvalue weighted by atomic mass is 79.9. The fraction of sp³-hybridized carbons (Fsp3) is 0. The van der Waals surface area contributed by atoms with E-state index in [0.717, 1.165) is 31.4 Å². The van der Waals surface area contributed by atoms with Crippen LogP contribution in [0, 0.1) is 0 Å². The summed E-state index contributed by atoms with van der Waals surface area (Å²) < 4.78 is 1.97. The maximum absolute atomic E-state index is 4.50. The van der Waals surface area contributed by atoms with E-state index in [1.165, 1.54) is 0 Å². The van der Waals surface area contributed by atoms with Crippen molar-refractivity contribution in [3.8, 4) is 0 Å². The third-order valence-corrected chi connectivity index (χ3v) is 4.69. The third kappa shape index (κ3) is 4.49. The molecule has 0 aromatic heterocycles. The zero-order valence-corrected chi connectivity index (χ0v) is 15.9. The molecular formula is C20H14Br2N2. The molecule has 0 saturated carbocycles. The average Bonchev–Trinajstić information content (AvgIpc) is 2.61. The number of rotatable bonds is 4. The molecule has 3 aromatic carbocycles. The summed E-state index contributed by atoms with van der Waals surface area (Å²) in [5, 5.41) is 0. The van der Waals surface area contributed by atoms with E-state index >= 15 is 0 Å². The van der Waals surface area contributed by atoms with Crippen molar-refractivity contribution < 1.29 is 0 Å². The Kier molecular flexibility index (Phi) is 5.72. The Bertz CT molecular complexity index is 810. The van der Waals surface area contributed by atoms with E-state index in [-0.39, 0.29) is 0 Å². The quantitative estimate of drug-likeness (QED) is 0.402. The lowest BCUT2D eigenvalue weighted by molar-refractivity contribution is 1.48. The van der Waals surface area contributed by atoms with Gasteiger partial charge in [0.2, 0.25) is 0 Å². The van der Waals surface area contributed by atoms with Gasteiger partial charge in [-0.15, -0.1) is 0 Å². The molecule has 0 aliphatic heterocycles. The Morgan fingerprint density at radius 3 is 1.29 bits per heavy atom. The monoisotopic (exact) mass is 440 g/mol. The Balaban J connectivity index is 1.72. The van der Waals surface area contributed by atoms with Crippen LogP contribution in [0.4, 0.5) is 11.4 Å². The zero-order chi connectivity index (χ0) is 16.8. The van der Waals surface area contributed by atoms with Crippen LogP contribution >= 0.6 is 31.9 Å². The summed E-state index contributed by atoms with van der Waals surface area (Å²) in [7, 11) is 0. The lowest BCUT2D eigenvalue weighted by atomic mass is 10.1. The average molecular weight is 442 g/mol. The fourth-order valence-corrected chi connectivity index (χ4v) is 2.84. The van der Waals surface area contributed by atoms with Crippen molar-refractivity contribution in [1.82, 2.24) is 0 Å². The second-order valence-corrected chi connectivity index (χ2v) is 6.79.